The zero-order valence-electron chi connectivity index (χ0n) is 23.0. The van der Waals surface area contributed by atoms with Crippen molar-refractivity contribution in [3.63, 3.8) is 0 Å². The fraction of sp³-hybridized carbons (Fsp3) is 0.167. The Balaban J connectivity index is 1.45. The summed E-state index contributed by atoms with van der Waals surface area (Å²) in [5, 5.41) is 4.63. The molecule has 5 aromatic rings. The van der Waals surface area contributed by atoms with Crippen LogP contribution in [0.4, 0.5) is 4.39 Å². The monoisotopic (exact) mass is 571 g/mol. The number of H-pyrrole nitrogens is 1. The van der Waals surface area contributed by atoms with Crippen LogP contribution >= 0.6 is 11.8 Å². The number of benzene rings is 4. The Morgan fingerprint density at radius 1 is 0.810 bits per heavy atom. The van der Waals surface area contributed by atoms with Crippen molar-refractivity contribution in [3.05, 3.63) is 177 Å². The molecule has 4 nitrogen and oxygen atoms in total. The Kier molecular flexibility index (Phi) is 6.79. The van der Waals surface area contributed by atoms with E-state index in [-0.39, 0.29) is 17.3 Å². The van der Waals surface area contributed by atoms with Gasteiger partial charge >= 0.3 is 0 Å². The highest BCUT2D eigenvalue weighted by atomic mass is 32.2. The molecular formula is C36H30FN3OS. The SMILES string of the molecule is O=c1[nH]ccc2c1C[C@]1(c3ccccc3F)N=C(NC(c3ccccc3)(c3ccccc3)c3ccccc3)SC[C@@H]1C2. The number of halogens is 1. The van der Waals surface area contributed by atoms with Gasteiger partial charge in [0, 0.05) is 35.4 Å². The molecule has 208 valence electrons. The van der Waals surface area contributed by atoms with E-state index in [4.69, 9.17) is 4.99 Å². The van der Waals surface area contributed by atoms with E-state index in [1.54, 1.807) is 24.0 Å². The number of amidine groups is 1. The molecule has 0 radical (unpaired) electrons. The average molecular weight is 572 g/mol. The molecule has 0 amide bonds. The van der Waals surface area contributed by atoms with E-state index >= 15 is 4.39 Å². The lowest BCUT2D eigenvalue weighted by molar-refractivity contribution is 0.267. The second kappa shape index (κ2) is 10.8. The number of pyridine rings is 1. The minimum atomic E-state index is -0.921. The number of nitrogens with zero attached hydrogens (tertiary/aromatic N) is 1. The number of nitrogens with one attached hydrogen (secondary N) is 2. The summed E-state index contributed by atoms with van der Waals surface area (Å²) in [7, 11) is 0. The lowest BCUT2D eigenvalue weighted by Gasteiger charge is -2.46. The summed E-state index contributed by atoms with van der Waals surface area (Å²) in [6, 6.07) is 40.0. The maximum atomic E-state index is 15.7. The Bertz CT molecular complexity index is 1710. The molecule has 1 aliphatic carbocycles. The number of aliphatic imine (C=N–C) groups is 1. The molecule has 2 atom stereocenters. The van der Waals surface area contributed by atoms with Gasteiger partial charge in [-0.1, -0.05) is 121 Å². The van der Waals surface area contributed by atoms with Crippen molar-refractivity contribution in [2.24, 2.45) is 10.9 Å². The fourth-order valence-corrected chi connectivity index (χ4v) is 7.90. The van der Waals surface area contributed by atoms with Crippen molar-refractivity contribution < 1.29 is 4.39 Å². The van der Waals surface area contributed by atoms with E-state index < -0.39 is 11.1 Å². The van der Waals surface area contributed by atoms with E-state index in [9.17, 15) is 4.79 Å². The lowest BCUT2D eigenvalue weighted by Crippen LogP contribution is -2.52. The van der Waals surface area contributed by atoms with E-state index in [2.05, 4.69) is 83.1 Å². The van der Waals surface area contributed by atoms with Crippen LogP contribution in [0.2, 0.25) is 0 Å². The molecule has 0 bridgehead atoms. The molecule has 7 rings (SSSR count). The summed E-state index contributed by atoms with van der Waals surface area (Å²) in [4.78, 5) is 21.3. The Morgan fingerprint density at radius 2 is 1.38 bits per heavy atom. The van der Waals surface area contributed by atoms with Gasteiger partial charge in [-0.2, -0.15) is 0 Å². The summed E-state index contributed by atoms with van der Waals surface area (Å²) in [6.45, 7) is 0. The average Bonchev–Trinajstić information content (AvgIpc) is 3.04. The third kappa shape index (κ3) is 4.38. The first kappa shape index (κ1) is 26.5. The first-order valence-electron chi connectivity index (χ1n) is 14.2. The van der Waals surface area contributed by atoms with Crippen LogP contribution < -0.4 is 10.9 Å². The second-order valence-corrected chi connectivity index (χ2v) is 12.0. The van der Waals surface area contributed by atoms with E-state index in [1.165, 1.54) is 6.07 Å². The molecule has 0 spiro atoms. The molecule has 0 saturated heterocycles. The van der Waals surface area contributed by atoms with Gasteiger partial charge in [-0.25, -0.2) is 4.39 Å². The summed E-state index contributed by atoms with van der Waals surface area (Å²) in [6.07, 6.45) is 2.71. The Morgan fingerprint density at radius 3 is 1.98 bits per heavy atom. The van der Waals surface area contributed by atoms with Crippen molar-refractivity contribution in [2.75, 3.05) is 5.75 Å². The molecule has 0 saturated carbocycles. The molecule has 2 N–H and O–H groups in total. The first-order valence-corrected chi connectivity index (χ1v) is 15.2. The minimum absolute atomic E-state index is 0.0267. The topological polar surface area (TPSA) is 57.2 Å². The van der Waals surface area contributed by atoms with Gasteiger partial charge in [-0.15, -0.1) is 0 Å². The van der Waals surface area contributed by atoms with Crippen LogP contribution in [-0.2, 0) is 23.9 Å². The number of hydrogen-bond donors (Lipinski definition) is 2. The zero-order chi connectivity index (χ0) is 28.6. The molecule has 1 aliphatic heterocycles. The van der Waals surface area contributed by atoms with E-state index in [0.29, 0.717) is 24.0 Å². The van der Waals surface area contributed by atoms with E-state index in [1.807, 2.05) is 36.4 Å². The molecule has 4 aromatic carbocycles. The maximum Gasteiger partial charge on any atom is 0.251 e. The van der Waals surface area contributed by atoms with Crippen LogP contribution in [0.3, 0.4) is 0 Å². The van der Waals surface area contributed by atoms with Gasteiger partial charge < -0.3 is 10.3 Å². The second-order valence-electron chi connectivity index (χ2n) is 11.0. The van der Waals surface area contributed by atoms with Crippen molar-refractivity contribution in [3.8, 4) is 0 Å². The molecular weight excluding hydrogens is 541 g/mol. The van der Waals surface area contributed by atoms with Gasteiger partial charge in [-0.3, -0.25) is 9.79 Å². The highest BCUT2D eigenvalue weighted by Gasteiger charge is 2.50. The van der Waals surface area contributed by atoms with Gasteiger partial charge in [0.15, 0.2) is 5.17 Å². The Hall–Kier alpha value is -4.42. The number of fused-ring (bicyclic) bond motifs is 2. The third-order valence-corrected chi connectivity index (χ3v) is 9.76. The predicted octanol–water partition coefficient (Wildman–Crippen LogP) is 6.81. The van der Waals surface area contributed by atoms with Crippen LogP contribution in [0.15, 0.2) is 137 Å². The smallest absolute Gasteiger partial charge is 0.251 e. The first-order chi connectivity index (χ1) is 20.6. The maximum absolute atomic E-state index is 15.7. The number of thioether (sulfide) groups is 1. The summed E-state index contributed by atoms with van der Waals surface area (Å²) in [5.74, 6) is 0.466. The number of aromatic amines is 1. The molecule has 6 heteroatoms. The van der Waals surface area contributed by atoms with Crippen LogP contribution in [-0.4, -0.2) is 15.9 Å². The molecule has 0 unspecified atom stereocenters. The van der Waals surface area contributed by atoms with Crippen molar-refractivity contribution in [1.29, 1.82) is 0 Å². The zero-order valence-corrected chi connectivity index (χ0v) is 23.8. The predicted molar refractivity (Wildman–Crippen MR) is 168 cm³/mol. The summed E-state index contributed by atoms with van der Waals surface area (Å²) in [5.41, 5.74) is 3.64. The van der Waals surface area contributed by atoms with Crippen molar-refractivity contribution in [2.45, 2.75) is 23.9 Å². The largest absolute Gasteiger partial charge is 0.347 e. The molecule has 2 aliphatic rings. The summed E-state index contributed by atoms with van der Waals surface area (Å²) >= 11 is 1.67. The molecule has 0 fully saturated rings. The minimum Gasteiger partial charge on any atom is -0.347 e. The van der Waals surface area contributed by atoms with Crippen LogP contribution in [0.1, 0.15) is 33.4 Å². The quantitative estimate of drug-likeness (QED) is 0.228. The van der Waals surface area contributed by atoms with Gasteiger partial charge in [0.25, 0.3) is 5.56 Å². The van der Waals surface area contributed by atoms with Crippen LogP contribution in [0, 0.1) is 11.7 Å². The van der Waals surface area contributed by atoms with Crippen molar-refractivity contribution in [1.82, 2.24) is 10.3 Å². The normalized spacial score (nSPS) is 19.7. The molecule has 1 aromatic heterocycles. The fourth-order valence-electron chi connectivity index (χ4n) is 6.70. The van der Waals surface area contributed by atoms with E-state index in [0.717, 1.165) is 33.2 Å². The number of rotatable bonds is 5. The molecule has 2 heterocycles. The van der Waals surface area contributed by atoms with Crippen molar-refractivity contribution >= 4 is 16.9 Å². The standard InChI is InChI=1S/C36H30FN3OS/c37-32-19-11-10-18-31(32)35-23-30-25(20-21-38-33(30)41)22-29(35)24-42-34(39-35)40-36(26-12-4-1-5-13-26,27-14-6-2-7-15-27)28-16-8-3-9-17-28/h1-21,29H,22-24H2,(H,38,41)(H,39,40)/t29-,35-/m0/s1. The summed E-state index contributed by atoms with van der Waals surface area (Å²) < 4.78 is 15.7. The highest BCUT2D eigenvalue weighted by Crippen LogP contribution is 2.49. The van der Waals surface area contributed by atoms with Gasteiger partial charge in [0.1, 0.15) is 11.4 Å². The van der Waals surface area contributed by atoms with Crippen LogP contribution in [0.25, 0.3) is 0 Å². The highest BCUT2D eigenvalue weighted by molar-refractivity contribution is 8.13. The molecule has 42 heavy (non-hydrogen) atoms. The number of hydrogen-bond acceptors (Lipinski definition) is 4. The third-order valence-electron chi connectivity index (χ3n) is 8.73. The number of aromatic nitrogens is 1. The van der Waals surface area contributed by atoms with Gasteiger partial charge in [0.05, 0.1) is 5.54 Å². The Labute approximate surface area is 248 Å². The lowest BCUT2D eigenvalue weighted by atomic mass is 9.68. The van der Waals surface area contributed by atoms with Gasteiger partial charge in [0.2, 0.25) is 0 Å². The van der Waals surface area contributed by atoms with Crippen LogP contribution in [0.5, 0.6) is 0 Å². The van der Waals surface area contributed by atoms with Gasteiger partial charge in [-0.05, 0) is 40.8 Å².